The summed E-state index contributed by atoms with van der Waals surface area (Å²) in [6.45, 7) is 3.38. The van der Waals surface area contributed by atoms with Gasteiger partial charge in [0, 0.05) is 0 Å². The summed E-state index contributed by atoms with van der Waals surface area (Å²) in [6, 6.07) is 12.5. The first-order valence-corrected chi connectivity index (χ1v) is 4.78. The molecule has 0 saturated carbocycles. The zero-order chi connectivity index (χ0) is 9.78. The number of unbranched alkanes of at least 4 members (excludes halogenated alkanes) is 3. The number of rotatable bonds is 4. The topological polar surface area (TPSA) is 20.2 Å². The summed E-state index contributed by atoms with van der Waals surface area (Å²) in [5, 5.41) is 8.17. The van der Waals surface area contributed by atoms with Crippen molar-refractivity contribution in [1.29, 1.82) is 0 Å². The zero-order valence-electron chi connectivity index (χ0n) is 8.54. The first kappa shape index (κ1) is 16.1. The SMILES string of the molecule is CCCCC[CH-]O.[Cu+2].[c-]1ccccc1. The number of benzene rings is 1. The van der Waals surface area contributed by atoms with Crippen molar-refractivity contribution in [2.75, 3.05) is 0 Å². The Morgan fingerprint density at radius 3 is 2.07 bits per heavy atom. The van der Waals surface area contributed by atoms with Crippen molar-refractivity contribution in [3.05, 3.63) is 43.0 Å². The van der Waals surface area contributed by atoms with E-state index in [0.29, 0.717) is 0 Å². The second-order valence-electron chi connectivity index (χ2n) is 2.76. The van der Waals surface area contributed by atoms with Gasteiger partial charge in [0.15, 0.2) is 0 Å². The Morgan fingerprint density at radius 1 is 1.14 bits per heavy atom. The Labute approximate surface area is 98.0 Å². The molecular formula is C12H18CuO. The van der Waals surface area contributed by atoms with Crippen LogP contribution in [0.1, 0.15) is 32.6 Å². The molecule has 0 fully saturated rings. The van der Waals surface area contributed by atoms with Gasteiger partial charge in [-0.3, -0.25) is 0 Å². The van der Waals surface area contributed by atoms with Crippen LogP contribution in [-0.4, -0.2) is 5.11 Å². The zero-order valence-corrected chi connectivity index (χ0v) is 9.48. The molecule has 0 bridgehead atoms. The Morgan fingerprint density at radius 2 is 1.79 bits per heavy atom. The summed E-state index contributed by atoms with van der Waals surface area (Å²) < 4.78 is 0. The van der Waals surface area contributed by atoms with Crippen LogP contribution in [0.15, 0.2) is 30.3 Å². The fraction of sp³-hybridized carbons (Fsp3) is 0.417. The minimum absolute atomic E-state index is 0. The van der Waals surface area contributed by atoms with Gasteiger partial charge < -0.3 is 5.11 Å². The van der Waals surface area contributed by atoms with Crippen LogP contribution in [0.4, 0.5) is 0 Å². The van der Waals surface area contributed by atoms with Crippen LogP contribution in [0.25, 0.3) is 0 Å². The van der Waals surface area contributed by atoms with Gasteiger partial charge in [-0.1, -0.05) is 26.2 Å². The van der Waals surface area contributed by atoms with Gasteiger partial charge in [0.05, 0.1) is 0 Å². The first-order chi connectivity index (χ1) is 6.41. The van der Waals surface area contributed by atoms with Gasteiger partial charge in [-0.25, -0.2) is 6.61 Å². The fourth-order valence-corrected chi connectivity index (χ4v) is 0.828. The van der Waals surface area contributed by atoms with Crippen molar-refractivity contribution in [2.24, 2.45) is 0 Å². The summed E-state index contributed by atoms with van der Waals surface area (Å²) in [5.41, 5.74) is 0. The summed E-state index contributed by atoms with van der Waals surface area (Å²) in [7, 11) is 0. The molecule has 0 spiro atoms. The molecule has 1 rings (SSSR count). The van der Waals surface area contributed by atoms with E-state index in [0.717, 1.165) is 12.8 Å². The number of aliphatic hydroxyl groups excluding tert-OH is 1. The molecule has 0 saturated heterocycles. The molecule has 1 N–H and O–H groups in total. The normalized spacial score (nSPS) is 8.14. The quantitative estimate of drug-likeness (QED) is 0.485. The summed E-state index contributed by atoms with van der Waals surface area (Å²) >= 11 is 0. The molecule has 0 aliphatic carbocycles. The molecule has 0 amide bonds. The summed E-state index contributed by atoms with van der Waals surface area (Å²) in [6.07, 6.45) is 4.45. The van der Waals surface area contributed by atoms with Gasteiger partial charge in [0.1, 0.15) is 0 Å². The maximum atomic E-state index is 8.17. The van der Waals surface area contributed by atoms with Gasteiger partial charge in [0.2, 0.25) is 0 Å². The summed E-state index contributed by atoms with van der Waals surface area (Å²) in [4.78, 5) is 0. The van der Waals surface area contributed by atoms with E-state index in [1.807, 2.05) is 30.3 Å². The molecule has 0 heterocycles. The van der Waals surface area contributed by atoms with Crippen LogP contribution < -0.4 is 0 Å². The van der Waals surface area contributed by atoms with Crippen LogP contribution in [0.2, 0.25) is 0 Å². The third-order valence-corrected chi connectivity index (χ3v) is 1.54. The molecule has 1 aromatic rings. The van der Waals surface area contributed by atoms with Crippen molar-refractivity contribution in [3.8, 4) is 0 Å². The van der Waals surface area contributed by atoms with E-state index < -0.39 is 0 Å². The average molecular weight is 242 g/mol. The van der Waals surface area contributed by atoms with Gasteiger partial charge in [-0.05, 0) is 0 Å². The van der Waals surface area contributed by atoms with Gasteiger partial charge >= 0.3 is 17.1 Å². The van der Waals surface area contributed by atoms with E-state index in [-0.39, 0.29) is 17.1 Å². The minimum atomic E-state index is 0. The third-order valence-electron chi connectivity index (χ3n) is 1.54. The van der Waals surface area contributed by atoms with E-state index in [1.54, 1.807) is 0 Å². The van der Waals surface area contributed by atoms with E-state index >= 15 is 0 Å². The molecule has 0 aliphatic heterocycles. The van der Waals surface area contributed by atoms with E-state index in [4.69, 9.17) is 5.11 Å². The van der Waals surface area contributed by atoms with Gasteiger partial charge in [0.25, 0.3) is 0 Å². The Hall–Kier alpha value is -0.301. The van der Waals surface area contributed by atoms with Crippen LogP contribution in [0, 0.1) is 12.7 Å². The molecule has 0 aromatic heterocycles. The molecule has 1 nitrogen and oxygen atoms in total. The standard InChI is InChI=1S/C6H13O.C6H5.Cu/c1-2-3-4-5-6-7;1-2-4-6-5-3-1;/h6-7H,2-5H2,1H3;1-5H;/q2*-1;+2. The van der Waals surface area contributed by atoms with Crippen molar-refractivity contribution in [1.82, 2.24) is 0 Å². The Balaban J connectivity index is 0. The Bertz CT molecular complexity index is 135. The molecule has 1 aromatic carbocycles. The largest absolute Gasteiger partial charge is 2.00 e. The van der Waals surface area contributed by atoms with Crippen molar-refractivity contribution in [2.45, 2.75) is 32.6 Å². The van der Waals surface area contributed by atoms with Gasteiger partial charge in [-0.15, -0.1) is 0 Å². The second-order valence-corrected chi connectivity index (χ2v) is 2.76. The van der Waals surface area contributed by atoms with E-state index in [9.17, 15) is 0 Å². The molecule has 0 unspecified atom stereocenters. The average Bonchev–Trinajstić information content (AvgIpc) is 2.22. The van der Waals surface area contributed by atoms with E-state index in [1.165, 1.54) is 19.4 Å². The van der Waals surface area contributed by atoms with Crippen LogP contribution in [0.3, 0.4) is 0 Å². The molecular weight excluding hydrogens is 224 g/mol. The monoisotopic (exact) mass is 241 g/mol. The molecule has 14 heavy (non-hydrogen) atoms. The fourth-order valence-electron chi connectivity index (χ4n) is 0.828. The molecule has 2 heteroatoms. The Kier molecular flexibility index (Phi) is 17.5. The first-order valence-electron chi connectivity index (χ1n) is 4.78. The van der Waals surface area contributed by atoms with Gasteiger partial charge in [-0.2, -0.15) is 42.8 Å². The minimum Gasteiger partial charge on any atom is -0.566 e. The van der Waals surface area contributed by atoms with Crippen molar-refractivity contribution >= 4 is 0 Å². The van der Waals surface area contributed by atoms with Crippen molar-refractivity contribution in [3.63, 3.8) is 0 Å². The smallest absolute Gasteiger partial charge is 0.566 e. The van der Waals surface area contributed by atoms with Crippen molar-refractivity contribution < 1.29 is 22.2 Å². The molecule has 83 valence electrons. The van der Waals surface area contributed by atoms with Crippen LogP contribution in [-0.2, 0) is 17.1 Å². The molecule has 0 aliphatic rings. The second kappa shape index (κ2) is 15.2. The number of hydrogen-bond donors (Lipinski definition) is 1. The molecule has 0 atom stereocenters. The number of aliphatic hydroxyl groups is 1. The van der Waals surface area contributed by atoms with Crippen LogP contribution in [0.5, 0.6) is 0 Å². The predicted molar refractivity (Wildman–Crippen MR) is 55.7 cm³/mol. The van der Waals surface area contributed by atoms with E-state index in [2.05, 4.69) is 13.0 Å². The summed E-state index contributed by atoms with van der Waals surface area (Å²) in [5.74, 6) is 0. The van der Waals surface area contributed by atoms with Crippen LogP contribution >= 0.6 is 0 Å². The number of hydrogen-bond acceptors (Lipinski definition) is 1. The maximum Gasteiger partial charge on any atom is 2.00 e. The molecule has 1 radical (unpaired) electrons. The maximum absolute atomic E-state index is 8.17. The predicted octanol–water partition coefficient (Wildman–Crippen LogP) is 3.59. The third kappa shape index (κ3) is 14.2.